The van der Waals surface area contributed by atoms with Crippen LogP contribution in [0.4, 0.5) is 5.69 Å². The number of carbonyl (C=O) groups excluding carboxylic acids is 2. The predicted octanol–water partition coefficient (Wildman–Crippen LogP) is 4.53. The minimum Gasteiger partial charge on any atom is -0.489 e. The number of ether oxygens (including phenoxy) is 1. The van der Waals surface area contributed by atoms with Crippen LogP contribution in [-0.4, -0.2) is 18.9 Å². The number of carbonyl (C=O) groups is 2. The van der Waals surface area contributed by atoms with Gasteiger partial charge in [0.15, 0.2) is 0 Å². The van der Waals surface area contributed by atoms with Gasteiger partial charge in [0.05, 0.1) is 0 Å². The number of benzene rings is 3. The molecule has 3 aromatic rings. The van der Waals surface area contributed by atoms with Crippen LogP contribution in [0, 0.1) is 0 Å². The molecule has 0 aliphatic heterocycles. The Kier molecular flexibility index (Phi) is 6.29. The third-order valence-corrected chi connectivity index (χ3v) is 4.26. The first-order valence-corrected chi connectivity index (χ1v) is 9.04. The van der Waals surface area contributed by atoms with Crippen molar-refractivity contribution in [1.29, 1.82) is 0 Å². The van der Waals surface area contributed by atoms with Crippen molar-refractivity contribution < 1.29 is 14.3 Å². The van der Waals surface area contributed by atoms with E-state index in [4.69, 9.17) is 16.3 Å². The van der Waals surface area contributed by atoms with Crippen LogP contribution < -0.4 is 15.4 Å². The van der Waals surface area contributed by atoms with Crippen LogP contribution in [0.1, 0.15) is 26.3 Å². The smallest absolute Gasteiger partial charge is 0.255 e. The van der Waals surface area contributed by atoms with Crippen molar-refractivity contribution in [2.75, 3.05) is 12.4 Å². The van der Waals surface area contributed by atoms with E-state index in [-0.39, 0.29) is 11.8 Å². The number of nitrogens with one attached hydrogen (secondary N) is 2. The summed E-state index contributed by atoms with van der Waals surface area (Å²) in [7, 11) is 1.57. The van der Waals surface area contributed by atoms with E-state index in [1.165, 1.54) is 0 Å². The zero-order valence-electron chi connectivity index (χ0n) is 15.2. The van der Waals surface area contributed by atoms with Crippen LogP contribution in [-0.2, 0) is 6.61 Å². The molecule has 6 heteroatoms. The number of amides is 2. The number of hydrogen-bond donors (Lipinski definition) is 2. The average Bonchev–Trinajstić information content (AvgIpc) is 2.72. The van der Waals surface area contributed by atoms with Crippen LogP contribution in [0.5, 0.6) is 5.75 Å². The first-order valence-electron chi connectivity index (χ1n) is 8.66. The Morgan fingerprint density at radius 3 is 2.36 bits per heavy atom. The Morgan fingerprint density at radius 1 is 0.893 bits per heavy atom. The lowest BCUT2D eigenvalue weighted by Crippen LogP contribution is -2.17. The second-order valence-corrected chi connectivity index (χ2v) is 6.49. The molecule has 0 spiro atoms. The van der Waals surface area contributed by atoms with Crippen molar-refractivity contribution >= 4 is 29.1 Å². The summed E-state index contributed by atoms with van der Waals surface area (Å²) in [6.45, 7) is 0.354. The molecule has 2 amide bonds. The van der Waals surface area contributed by atoms with Crippen molar-refractivity contribution in [1.82, 2.24) is 5.32 Å². The molecule has 28 heavy (non-hydrogen) atoms. The van der Waals surface area contributed by atoms with E-state index in [0.29, 0.717) is 34.2 Å². The van der Waals surface area contributed by atoms with E-state index in [1.54, 1.807) is 61.6 Å². The normalized spacial score (nSPS) is 10.2. The van der Waals surface area contributed by atoms with Gasteiger partial charge in [0.25, 0.3) is 11.8 Å². The Bertz CT molecular complexity index is 987. The van der Waals surface area contributed by atoms with Crippen LogP contribution in [0.2, 0.25) is 5.02 Å². The largest absolute Gasteiger partial charge is 0.489 e. The molecule has 5 nitrogen and oxygen atoms in total. The quantitative estimate of drug-likeness (QED) is 0.645. The van der Waals surface area contributed by atoms with Gasteiger partial charge in [0.1, 0.15) is 12.4 Å². The average molecular weight is 395 g/mol. The molecule has 0 aromatic heterocycles. The van der Waals surface area contributed by atoms with Crippen LogP contribution in [0.25, 0.3) is 0 Å². The molecule has 0 bridgehead atoms. The summed E-state index contributed by atoms with van der Waals surface area (Å²) in [5, 5.41) is 6.01. The highest BCUT2D eigenvalue weighted by atomic mass is 35.5. The lowest BCUT2D eigenvalue weighted by atomic mass is 10.1. The molecule has 2 N–H and O–H groups in total. The second kappa shape index (κ2) is 9.06. The van der Waals surface area contributed by atoms with Gasteiger partial charge in [-0.2, -0.15) is 0 Å². The van der Waals surface area contributed by atoms with E-state index in [0.717, 1.165) is 5.56 Å². The minimum absolute atomic E-state index is 0.178. The fourth-order valence-electron chi connectivity index (χ4n) is 2.57. The summed E-state index contributed by atoms with van der Waals surface area (Å²) < 4.78 is 5.76. The van der Waals surface area contributed by atoms with E-state index >= 15 is 0 Å². The first-order chi connectivity index (χ1) is 13.5. The molecule has 0 atom stereocenters. The summed E-state index contributed by atoms with van der Waals surface area (Å²) in [6.07, 6.45) is 0. The van der Waals surface area contributed by atoms with Gasteiger partial charge in [0, 0.05) is 28.9 Å². The topological polar surface area (TPSA) is 67.4 Å². The fraction of sp³-hybridized carbons (Fsp3) is 0.0909. The van der Waals surface area contributed by atoms with Crippen LogP contribution >= 0.6 is 11.6 Å². The maximum Gasteiger partial charge on any atom is 0.255 e. The molecule has 0 radical (unpaired) electrons. The molecule has 3 rings (SSSR count). The molecular formula is C22H19ClN2O3. The lowest BCUT2D eigenvalue weighted by molar-refractivity contribution is 0.0962. The summed E-state index contributed by atoms with van der Waals surface area (Å²) >= 11 is 5.98. The van der Waals surface area contributed by atoms with Crippen molar-refractivity contribution in [3.05, 3.63) is 94.5 Å². The van der Waals surface area contributed by atoms with E-state index in [1.807, 2.05) is 18.2 Å². The van der Waals surface area contributed by atoms with E-state index in [2.05, 4.69) is 10.6 Å². The third kappa shape index (κ3) is 5.11. The minimum atomic E-state index is -0.263. The molecule has 142 valence electrons. The van der Waals surface area contributed by atoms with Crippen LogP contribution in [0.15, 0.2) is 72.8 Å². The van der Waals surface area contributed by atoms with Gasteiger partial charge in [-0.1, -0.05) is 29.8 Å². The maximum atomic E-state index is 12.5. The number of hydrogen-bond acceptors (Lipinski definition) is 3. The third-order valence-electron chi connectivity index (χ3n) is 4.02. The van der Waals surface area contributed by atoms with E-state index < -0.39 is 0 Å². The monoisotopic (exact) mass is 394 g/mol. The molecule has 0 unspecified atom stereocenters. The number of halogens is 1. The number of anilines is 1. The standard InChI is InChI=1S/C22H19ClN2O3/c1-24-21(26)16-8-10-19(11-9-16)25-22(27)17-5-3-7-20(13-17)28-14-15-4-2-6-18(23)12-15/h2-13H,14H2,1H3,(H,24,26)(H,25,27). The van der Waals surface area contributed by atoms with Gasteiger partial charge in [-0.25, -0.2) is 0 Å². The number of rotatable bonds is 6. The van der Waals surface area contributed by atoms with Crippen molar-refractivity contribution in [3.63, 3.8) is 0 Å². The zero-order chi connectivity index (χ0) is 19.9. The predicted molar refractivity (Wildman–Crippen MR) is 110 cm³/mol. The second-order valence-electron chi connectivity index (χ2n) is 6.06. The molecule has 0 aliphatic carbocycles. The summed E-state index contributed by atoms with van der Waals surface area (Å²) in [4.78, 5) is 24.1. The summed E-state index contributed by atoms with van der Waals surface area (Å²) in [5.41, 5.74) is 2.54. The molecule has 3 aromatic carbocycles. The van der Waals surface area contributed by atoms with Gasteiger partial charge < -0.3 is 15.4 Å². The van der Waals surface area contributed by atoms with Crippen molar-refractivity contribution in [2.45, 2.75) is 6.61 Å². The maximum absolute atomic E-state index is 12.5. The van der Waals surface area contributed by atoms with Gasteiger partial charge in [-0.05, 0) is 60.2 Å². The lowest BCUT2D eigenvalue weighted by Gasteiger charge is -2.09. The van der Waals surface area contributed by atoms with Crippen LogP contribution in [0.3, 0.4) is 0 Å². The molecule has 0 saturated carbocycles. The van der Waals surface area contributed by atoms with Crippen molar-refractivity contribution in [2.24, 2.45) is 0 Å². The van der Waals surface area contributed by atoms with Gasteiger partial charge in [-0.3, -0.25) is 9.59 Å². The highest BCUT2D eigenvalue weighted by Gasteiger charge is 2.09. The van der Waals surface area contributed by atoms with Gasteiger partial charge in [0.2, 0.25) is 0 Å². The molecule has 0 fully saturated rings. The van der Waals surface area contributed by atoms with E-state index in [9.17, 15) is 9.59 Å². The Morgan fingerprint density at radius 2 is 1.64 bits per heavy atom. The highest BCUT2D eigenvalue weighted by molar-refractivity contribution is 6.30. The Balaban J connectivity index is 1.64. The summed E-state index contributed by atoms with van der Waals surface area (Å²) in [5.74, 6) is 0.144. The SMILES string of the molecule is CNC(=O)c1ccc(NC(=O)c2cccc(OCc3cccc(Cl)c3)c2)cc1. The highest BCUT2D eigenvalue weighted by Crippen LogP contribution is 2.18. The molecule has 0 heterocycles. The summed E-state index contributed by atoms with van der Waals surface area (Å²) in [6, 6.07) is 21.0. The first kappa shape index (κ1) is 19.5. The molecular weight excluding hydrogens is 376 g/mol. The van der Waals surface area contributed by atoms with Gasteiger partial charge in [-0.15, -0.1) is 0 Å². The van der Waals surface area contributed by atoms with Gasteiger partial charge >= 0.3 is 0 Å². The molecule has 0 aliphatic rings. The zero-order valence-corrected chi connectivity index (χ0v) is 16.0. The Labute approximate surface area is 168 Å². The van der Waals surface area contributed by atoms with Crippen molar-refractivity contribution in [3.8, 4) is 5.75 Å². The fourth-order valence-corrected chi connectivity index (χ4v) is 2.79. The Hall–Kier alpha value is -3.31. The molecule has 0 saturated heterocycles.